The maximum Gasteiger partial charge on any atom is 0.295 e. The Labute approximate surface area is 118 Å². The van der Waals surface area contributed by atoms with Gasteiger partial charge in [-0.25, -0.2) is 0 Å². The first kappa shape index (κ1) is 13.0. The van der Waals surface area contributed by atoms with Gasteiger partial charge in [-0.1, -0.05) is 12.1 Å². The highest BCUT2D eigenvalue weighted by Crippen LogP contribution is 2.25. The predicted molar refractivity (Wildman–Crippen MR) is 77.5 cm³/mol. The molecule has 1 aliphatic heterocycles. The van der Waals surface area contributed by atoms with E-state index in [1.54, 1.807) is 0 Å². The van der Waals surface area contributed by atoms with Crippen LogP contribution in [0.25, 0.3) is 11.1 Å². The maximum absolute atomic E-state index is 12.0. The molecule has 1 aromatic carbocycles. The third-order valence-corrected chi connectivity index (χ3v) is 3.56. The summed E-state index contributed by atoms with van der Waals surface area (Å²) in [6, 6.07) is 8.17. The van der Waals surface area contributed by atoms with Crippen LogP contribution in [0.5, 0.6) is 0 Å². The summed E-state index contributed by atoms with van der Waals surface area (Å²) in [5.41, 5.74) is 1.44. The molecule has 20 heavy (non-hydrogen) atoms. The highest BCUT2D eigenvalue weighted by molar-refractivity contribution is 5.81. The van der Waals surface area contributed by atoms with E-state index in [0.29, 0.717) is 19.0 Å². The molecule has 5 heteroatoms. The molecule has 2 heterocycles. The zero-order valence-corrected chi connectivity index (χ0v) is 12.0. The van der Waals surface area contributed by atoms with Crippen molar-refractivity contribution in [3.8, 4) is 0 Å². The highest BCUT2D eigenvalue weighted by Gasteiger charge is 2.36. The van der Waals surface area contributed by atoms with Crippen LogP contribution in [-0.2, 0) is 4.79 Å². The molecule has 106 valence electrons. The number of carbonyl (C=O) groups excluding carboxylic acids is 1. The normalized spacial score (nSPS) is 19.9. The molecule has 1 unspecified atom stereocenters. The second kappa shape index (κ2) is 4.51. The summed E-state index contributed by atoms with van der Waals surface area (Å²) in [7, 11) is 0. The number of aromatic nitrogens is 1. The summed E-state index contributed by atoms with van der Waals surface area (Å²) in [6.07, 6.45) is 0.482. The van der Waals surface area contributed by atoms with E-state index >= 15 is 0 Å². The van der Waals surface area contributed by atoms with Gasteiger partial charge in [-0.3, -0.25) is 4.79 Å². The van der Waals surface area contributed by atoms with Gasteiger partial charge in [-0.05, 0) is 32.9 Å². The van der Waals surface area contributed by atoms with Gasteiger partial charge in [-0.15, -0.1) is 0 Å². The molecular weight excluding hydrogens is 254 g/mol. The van der Waals surface area contributed by atoms with Gasteiger partial charge in [0.25, 0.3) is 6.01 Å². The lowest BCUT2D eigenvalue weighted by Gasteiger charge is -2.31. The number of carbonyl (C=O) groups is 1. The van der Waals surface area contributed by atoms with Crippen LogP contribution in [0.1, 0.15) is 27.2 Å². The summed E-state index contributed by atoms with van der Waals surface area (Å²) >= 11 is 0. The van der Waals surface area contributed by atoms with Crippen LogP contribution in [0.3, 0.4) is 0 Å². The van der Waals surface area contributed by atoms with Gasteiger partial charge in [0.05, 0.1) is 6.04 Å². The number of benzene rings is 1. The summed E-state index contributed by atoms with van der Waals surface area (Å²) in [5, 5.41) is 3.22. The molecule has 0 aliphatic carbocycles. The molecule has 0 bridgehead atoms. The van der Waals surface area contributed by atoms with Gasteiger partial charge in [0, 0.05) is 18.5 Å². The average Bonchev–Trinajstić information content (AvgIpc) is 2.91. The van der Waals surface area contributed by atoms with E-state index in [-0.39, 0.29) is 17.5 Å². The number of para-hydroxylation sites is 2. The van der Waals surface area contributed by atoms with Crippen molar-refractivity contribution in [2.75, 3.05) is 11.9 Å². The van der Waals surface area contributed by atoms with Crippen molar-refractivity contribution >= 4 is 23.0 Å². The Hall–Kier alpha value is -2.04. The molecule has 1 aliphatic rings. The molecule has 1 saturated heterocycles. The number of hydrogen-bond acceptors (Lipinski definition) is 4. The van der Waals surface area contributed by atoms with E-state index in [1.165, 1.54) is 0 Å². The number of nitrogens with zero attached hydrogens (tertiary/aromatic N) is 2. The highest BCUT2D eigenvalue weighted by atomic mass is 16.4. The molecule has 2 aromatic rings. The smallest absolute Gasteiger partial charge is 0.295 e. The topological polar surface area (TPSA) is 58.4 Å². The van der Waals surface area contributed by atoms with E-state index in [2.05, 4.69) is 10.3 Å². The maximum atomic E-state index is 12.0. The Morgan fingerprint density at radius 3 is 2.75 bits per heavy atom. The second-order valence-corrected chi connectivity index (χ2v) is 6.21. The number of anilines is 1. The first-order valence-electron chi connectivity index (χ1n) is 6.86. The fraction of sp³-hybridized carbons (Fsp3) is 0.467. The first-order valence-corrected chi connectivity index (χ1v) is 6.86. The molecule has 1 aromatic heterocycles. The Kier molecular flexibility index (Phi) is 2.92. The van der Waals surface area contributed by atoms with Crippen LogP contribution in [0.4, 0.5) is 6.01 Å². The summed E-state index contributed by atoms with van der Waals surface area (Å²) < 4.78 is 5.63. The van der Waals surface area contributed by atoms with Crippen LogP contribution in [-0.4, -0.2) is 33.9 Å². The molecular formula is C15H19N3O2. The van der Waals surface area contributed by atoms with Crippen molar-refractivity contribution in [2.45, 2.75) is 38.8 Å². The molecule has 1 amide bonds. The molecule has 0 spiro atoms. The second-order valence-electron chi connectivity index (χ2n) is 6.21. The molecule has 0 saturated carbocycles. The van der Waals surface area contributed by atoms with Gasteiger partial charge in [0.2, 0.25) is 5.91 Å². The summed E-state index contributed by atoms with van der Waals surface area (Å²) in [4.78, 5) is 18.3. The standard InChI is InChI=1S/C15H19N3O2/c1-15(2,3)18-9-10(8-13(18)19)16-14-17-11-6-4-5-7-12(11)20-14/h4-7,10H,8-9H2,1-3H3,(H,16,17). The van der Waals surface area contributed by atoms with Crippen LogP contribution in [0.2, 0.25) is 0 Å². The molecule has 5 nitrogen and oxygen atoms in total. The fourth-order valence-electron chi connectivity index (χ4n) is 2.56. The van der Waals surface area contributed by atoms with Crippen LogP contribution in [0, 0.1) is 0 Å². The molecule has 1 N–H and O–H groups in total. The van der Waals surface area contributed by atoms with E-state index in [1.807, 2.05) is 49.9 Å². The minimum Gasteiger partial charge on any atom is -0.424 e. The van der Waals surface area contributed by atoms with Crippen molar-refractivity contribution in [1.29, 1.82) is 0 Å². The Morgan fingerprint density at radius 2 is 2.10 bits per heavy atom. The van der Waals surface area contributed by atoms with Gasteiger partial charge in [0.15, 0.2) is 5.58 Å². The predicted octanol–water partition coefficient (Wildman–Crippen LogP) is 2.64. The molecule has 0 radical (unpaired) electrons. The van der Waals surface area contributed by atoms with E-state index in [4.69, 9.17) is 4.42 Å². The van der Waals surface area contributed by atoms with Crippen LogP contribution < -0.4 is 5.32 Å². The number of nitrogens with one attached hydrogen (secondary N) is 1. The molecule has 3 rings (SSSR count). The number of hydrogen-bond donors (Lipinski definition) is 1. The van der Waals surface area contributed by atoms with E-state index in [9.17, 15) is 4.79 Å². The van der Waals surface area contributed by atoms with Crippen molar-refractivity contribution in [3.63, 3.8) is 0 Å². The average molecular weight is 273 g/mol. The number of likely N-dealkylation sites (tertiary alicyclic amines) is 1. The quantitative estimate of drug-likeness (QED) is 0.913. The van der Waals surface area contributed by atoms with Crippen LogP contribution in [0.15, 0.2) is 28.7 Å². The van der Waals surface area contributed by atoms with Gasteiger partial charge in [-0.2, -0.15) is 4.98 Å². The fourth-order valence-corrected chi connectivity index (χ4v) is 2.56. The summed E-state index contributed by atoms with van der Waals surface area (Å²) in [6.45, 7) is 6.83. The van der Waals surface area contributed by atoms with Gasteiger partial charge >= 0.3 is 0 Å². The summed E-state index contributed by atoms with van der Waals surface area (Å²) in [5.74, 6) is 0.172. The lowest BCUT2D eigenvalue weighted by molar-refractivity contribution is -0.131. The minimum absolute atomic E-state index is 0.0507. The van der Waals surface area contributed by atoms with Gasteiger partial charge < -0.3 is 14.6 Å². The number of amides is 1. The Bertz CT molecular complexity index is 609. The third kappa shape index (κ3) is 2.35. The van der Waals surface area contributed by atoms with Crippen LogP contribution >= 0.6 is 0 Å². The lowest BCUT2D eigenvalue weighted by atomic mass is 10.1. The lowest BCUT2D eigenvalue weighted by Crippen LogP contribution is -2.43. The largest absolute Gasteiger partial charge is 0.424 e. The van der Waals surface area contributed by atoms with Crippen molar-refractivity contribution in [3.05, 3.63) is 24.3 Å². The monoisotopic (exact) mass is 273 g/mol. The number of fused-ring (bicyclic) bond motifs is 1. The van der Waals surface area contributed by atoms with Crippen molar-refractivity contribution < 1.29 is 9.21 Å². The van der Waals surface area contributed by atoms with Crippen molar-refractivity contribution in [1.82, 2.24) is 9.88 Å². The Balaban J connectivity index is 1.74. The number of rotatable bonds is 2. The zero-order valence-electron chi connectivity index (χ0n) is 12.0. The zero-order chi connectivity index (χ0) is 14.3. The molecule has 1 atom stereocenters. The minimum atomic E-state index is -0.144. The molecule has 1 fully saturated rings. The van der Waals surface area contributed by atoms with Gasteiger partial charge in [0.1, 0.15) is 5.52 Å². The SMILES string of the molecule is CC(C)(C)N1CC(Nc2nc3ccccc3o2)CC1=O. The first-order chi connectivity index (χ1) is 9.43. The van der Waals surface area contributed by atoms with E-state index < -0.39 is 0 Å². The number of oxazole rings is 1. The Morgan fingerprint density at radius 1 is 1.35 bits per heavy atom. The van der Waals surface area contributed by atoms with Crippen molar-refractivity contribution in [2.24, 2.45) is 0 Å². The third-order valence-electron chi connectivity index (χ3n) is 3.56. The van der Waals surface area contributed by atoms with E-state index in [0.717, 1.165) is 11.1 Å².